The van der Waals surface area contributed by atoms with Crippen LogP contribution in [0.4, 0.5) is 0 Å². The van der Waals surface area contributed by atoms with E-state index in [2.05, 4.69) is 0 Å². The highest BCUT2D eigenvalue weighted by molar-refractivity contribution is 6.25. The molecule has 0 N–H and O–H groups in total. The highest BCUT2D eigenvalue weighted by atomic mass is 35.5. The molecular weight excluding hydrogens is 183 g/mol. The van der Waals surface area contributed by atoms with Crippen LogP contribution >= 0.6 is 23.2 Å². The maximum atomic E-state index is 5.39. The van der Waals surface area contributed by atoms with Gasteiger partial charge in [0.15, 0.2) is 0 Å². The van der Waals surface area contributed by atoms with Crippen molar-refractivity contribution >= 4 is 23.2 Å². The van der Waals surface area contributed by atoms with Gasteiger partial charge in [-0.25, -0.2) is 0 Å². The minimum absolute atomic E-state index is 0.0235. The fraction of sp³-hybridized carbons (Fsp3) is 0.500. The Labute approximate surface area is 77.6 Å². The molecule has 2 atom stereocenters. The smallest absolute Gasteiger partial charge is 0.0747 e. The van der Waals surface area contributed by atoms with E-state index in [-0.39, 0.29) is 12.2 Å². The summed E-state index contributed by atoms with van der Waals surface area (Å²) in [6.45, 7) is 3.83. The quantitative estimate of drug-likeness (QED) is 0.668. The second kappa shape index (κ2) is 6.71. The molecular formula is C8H12Cl2O. The number of hydrogen-bond donors (Lipinski definition) is 0. The molecule has 0 aromatic rings. The fourth-order valence-electron chi connectivity index (χ4n) is 0.634. The van der Waals surface area contributed by atoms with Gasteiger partial charge in [-0.1, -0.05) is 23.2 Å². The van der Waals surface area contributed by atoms with E-state index in [0.29, 0.717) is 0 Å². The average molecular weight is 195 g/mol. The van der Waals surface area contributed by atoms with Crippen molar-refractivity contribution < 1.29 is 4.74 Å². The van der Waals surface area contributed by atoms with Crippen molar-refractivity contribution in [3.05, 3.63) is 23.2 Å². The van der Waals surface area contributed by atoms with Crippen molar-refractivity contribution in [2.24, 2.45) is 0 Å². The van der Waals surface area contributed by atoms with Crippen molar-refractivity contribution in [2.75, 3.05) is 0 Å². The largest absolute Gasteiger partial charge is 0.367 e. The molecule has 3 heteroatoms. The maximum absolute atomic E-state index is 5.39. The third kappa shape index (κ3) is 6.42. The number of ether oxygens (including phenoxy) is 1. The molecule has 0 heterocycles. The van der Waals surface area contributed by atoms with Crippen LogP contribution in [0.25, 0.3) is 0 Å². The van der Waals surface area contributed by atoms with Crippen LogP contribution in [0.5, 0.6) is 0 Å². The Morgan fingerprint density at radius 3 is 1.64 bits per heavy atom. The van der Waals surface area contributed by atoms with E-state index < -0.39 is 0 Å². The molecule has 0 aromatic heterocycles. The molecule has 0 saturated heterocycles. The van der Waals surface area contributed by atoms with Crippen LogP contribution in [0.3, 0.4) is 0 Å². The van der Waals surface area contributed by atoms with E-state index in [1.54, 1.807) is 12.2 Å². The van der Waals surface area contributed by atoms with Gasteiger partial charge in [0.1, 0.15) is 0 Å². The van der Waals surface area contributed by atoms with Crippen LogP contribution in [0.15, 0.2) is 23.2 Å². The lowest BCUT2D eigenvalue weighted by Crippen LogP contribution is -2.12. The highest BCUT2D eigenvalue weighted by Gasteiger charge is 2.00. The molecule has 0 spiro atoms. The molecule has 0 amide bonds. The van der Waals surface area contributed by atoms with E-state index in [1.807, 2.05) is 13.8 Å². The Morgan fingerprint density at radius 2 is 1.36 bits per heavy atom. The minimum atomic E-state index is 0.0235. The Hall–Kier alpha value is 0.0200. The molecule has 0 aromatic carbocycles. The van der Waals surface area contributed by atoms with Gasteiger partial charge in [-0.15, -0.1) is 0 Å². The summed E-state index contributed by atoms with van der Waals surface area (Å²) in [4.78, 5) is 0. The van der Waals surface area contributed by atoms with Gasteiger partial charge >= 0.3 is 0 Å². The Balaban J connectivity index is 3.65. The zero-order valence-corrected chi connectivity index (χ0v) is 8.14. The second-order valence-electron chi connectivity index (χ2n) is 2.18. The first kappa shape index (κ1) is 11.0. The Morgan fingerprint density at radius 1 is 1.00 bits per heavy atom. The topological polar surface area (TPSA) is 9.23 Å². The fourth-order valence-corrected chi connectivity index (χ4v) is 1.04. The normalized spacial score (nSPS) is 17.8. The lowest BCUT2D eigenvalue weighted by molar-refractivity contribution is 0.0633. The molecule has 2 unspecified atom stereocenters. The van der Waals surface area contributed by atoms with Gasteiger partial charge in [0.25, 0.3) is 0 Å². The lowest BCUT2D eigenvalue weighted by atomic mass is 10.3. The zero-order valence-electron chi connectivity index (χ0n) is 6.63. The van der Waals surface area contributed by atoms with Crippen molar-refractivity contribution in [1.82, 2.24) is 0 Å². The summed E-state index contributed by atoms with van der Waals surface area (Å²) in [7, 11) is 0. The van der Waals surface area contributed by atoms with Gasteiger partial charge in [0.05, 0.1) is 12.2 Å². The van der Waals surface area contributed by atoms with E-state index in [9.17, 15) is 0 Å². The van der Waals surface area contributed by atoms with Gasteiger partial charge in [0, 0.05) is 11.1 Å². The van der Waals surface area contributed by atoms with Gasteiger partial charge < -0.3 is 4.74 Å². The van der Waals surface area contributed by atoms with Gasteiger partial charge in [-0.3, -0.25) is 0 Å². The molecule has 0 fully saturated rings. The highest BCUT2D eigenvalue weighted by Crippen LogP contribution is 2.02. The Kier molecular flexibility index (Phi) is 6.73. The summed E-state index contributed by atoms with van der Waals surface area (Å²) in [5.74, 6) is 0. The predicted octanol–water partition coefficient (Wildman–Crippen LogP) is 3.29. The van der Waals surface area contributed by atoms with E-state index in [1.165, 1.54) is 11.1 Å². The van der Waals surface area contributed by atoms with Gasteiger partial charge in [-0.05, 0) is 26.0 Å². The number of hydrogen-bond acceptors (Lipinski definition) is 1. The van der Waals surface area contributed by atoms with E-state index >= 15 is 0 Å². The minimum Gasteiger partial charge on any atom is -0.367 e. The van der Waals surface area contributed by atoms with E-state index in [0.717, 1.165) is 0 Å². The molecule has 0 aliphatic carbocycles. The molecule has 0 aliphatic rings. The van der Waals surface area contributed by atoms with Crippen LogP contribution in [0.1, 0.15) is 13.8 Å². The zero-order chi connectivity index (χ0) is 8.69. The molecule has 11 heavy (non-hydrogen) atoms. The lowest BCUT2D eigenvalue weighted by Gasteiger charge is -2.12. The SMILES string of the molecule is CC(C=CCl)OC(C)C=CCl. The maximum Gasteiger partial charge on any atom is 0.0747 e. The molecule has 0 rings (SSSR count). The van der Waals surface area contributed by atoms with Gasteiger partial charge in [-0.2, -0.15) is 0 Å². The Bertz CT molecular complexity index is 127. The summed E-state index contributed by atoms with van der Waals surface area (Å²) in [6.07, 6.45) is 3.58. The van der Waals surface area contributed by atoms with Crippen molar-refractivity contribution in [3.8, 4) is 0 Å². The van der Waals surface area contributed by atoms with Crippen LogP contribution in [-0.4, -0.2) is 12.2 Å². The monoisotopic (exact) mass is 194 g/mol. The van der Waals surface area contributed by atoms with Crippen LogP contribution in [0, 0.1) is 0 Å². The second-order valence-corrected chi connectivity index (χ2v) is 2.69. The first-order chi connectivity index (χ1) is 5.20. The van der Waals surface area contributed by atoms with Crippen LogP contribution in [-0.2, 0) is 4.74 Å². The summed E-state index contributed by atoms with van der Waals surface area (Å²) >= 11 is 10.7. The summed E-state index contributed by atoms with van der Waals surface area (Å²) in [5.41, 5.74) is 2.89. The van der Waals surface area contributed by atoms with Crippen LogP contribution < -0.4 is 0 Å². The summed E-state index contributed by atoms with van der Waals surface area (Å²) < 4.78 is 5.39. The van der Waals surface area contributed by atoms with Crippen molar-refractivity contribution in [2.45, 2.75) is 26.1 Å². The molecule has 0 radical (unpaired) electrons. The number of rotatable bonds is 4. The first-order valence-corrected chi connectivity index (χ1v) is 4.27. The molecule has 0 bridgehead atoms. The summed E-state index contributed by atoms with van der Waals surface area (Å²) in [6, 6.07) is 0. The number of halogens is 2. The van der Waals surface area contributed by atoms with Crippen LogP contribution in [0.2, 0.25) is 0 Å². The third-order valence-electron chi connectivity index (χ3n) is 1.12. The molecule has 1 nitrogen and oxygen atoms in total. The molecule has 64 valence electrons. The molecule has 0 saturated carbocycles. The standard InChI is InChI=1S/C8H12Cl2O/c1-7(3-5-9)11-8(2)4-6-10/h3-8H,1-2H3. The van der Waals surface area contributed by atoms with Crippen molar-refractivity contribution in [3.63, 3.8) is 0 Å². The van der Waals surface area contributed by atoms with E-state index in [4.69, 9.17) is 27.9 Å². The van der Waals surface area contributed by atoms with Crippen molar-refractivity contribution in [1.29, 1.82) is 0 Å². The molecule has 0 aliphatic heterocycles. The third-order valence-corrected chi connectivity index (χ3v) is 1.41. The summed E-state index contributed by atoms with van der Waals surface area (Å²) in [5, 5.41) is 0. The first-order valence-electron chi connectivity index (χ1n) is 3.40. The average Bonchev–Trinajstić information content (AvgIpc) is 1.87. The predicted molar refractivity (Wildman–Crippen MR) is 50.0 cm³/mol. The van der Waals surface area contributed by atoms with Gasteiger partial charge in [0.2, 0.25) is 0 Å².